The summed E-state index contributed by atoms with van der Waals surface area (Å²) in [4.78, 5) is 26.7. The number of nitrogens with zero attached hydrogens (tertiary/aromatic N) is 4. The van der Waals surface area contributed by atoms with Crippen LogP contribution in [0.5, 0.6) is 0 Å². The molecule has 30 heavy (non-hydrogen) atoms. The smallest absolute Gasteiger partial charge is 0.357 e. The van der Waals surface area contributed by atoms with E-state index in [0.29, 0.717) is 11.6 Å². The Labute approximate surface area is 174 Å². The van der Waals surface area contributed by atoms with Crippen LogP contribution in [0.4, 0.5) is 5.69 Å². The number of nitriles is 1. The first-order chi connectivity index (χ1) is 14.7. The van der Waals surface area contributed by atoms with Gasteiger partial charge in [-0.1, -0.05) is 36.4 Å². The minimum Gasteiger partial charge on any atom is -0.451 e. The summed E-state index contributed by atoms with van der Waals surface area (Å²) in [5.41, 5.74) is 2.46. The number of hydrogen-bond acceptors (Lipinski definition) is 5. The van der Waals surface area contributed by atoms with Crippen LogP contribution in [0.2, 0.25) is 0 Å². The summed E-state index contributed by atoms with van der Waals surface area (Å²) in [6.45, 7) is -0.595. The highest BCUT2D eigenvalue weighted by Crippen LogP contribution is 2.39. The molecule has 0 spiro atoms. The van der Waals surface area contributed by atoms with E-state index in [4.69, 9.17) is 10.00 Å². The van der Waals surface area contributed by atoms with Gasteiger partial charge in [-0.25, -0.2) is 9.48 Å². The molecule has 150 valence electrons. The minimum atomic E-state index is -0.628. The van der Waals surface area contributed by atoms with Crippen LogP contribution in [0.1, 0.15) is 34.9 Å². The highest BCUT2D eigenvalue weighted by atomic mass is 16.5. The molecule has 0 bridgehead atoms. The van der Waals surface area contributed by atoms with E-state index in [0.717, 1.165) is 24.2 Å². The first kappa shape index (κ1) is 19.4. The van der Waals surface area contributed by atoms with E-state index in [-0.39, 0.29) is 12.2 Å². The van der Waals surface area contributed by atoms with Crippen molar-refractivity contribution in [3.05, 3.63) is 78.1 Å². The van der Waals surface area contributed by atoms with Gasteiger partial charge in [-0.15, -0.1) is 0 Å². The van der Waals surface area contributed by atoms with Crippen molar-refractivity contribution in [3.63, 3.8) is 0 Å². The van der Waals surface area contributed by atoms with E-state index >= 15 is 0 Å². The zero-order chi connectivity index (χ0) is 20.9. The Bertz CT molecular complexity index is 1080. The molecule has 1 amide bonds. The molecule has 0 aliphatic heterocycles. The Balaban J connectivity index is 1.51. The van der Waals surface area contributed by atoms with Gasteiger partial charge in [0, 0.05) is 11.6 Å². The van der Waals surface area contributed by atoms with Gasteiger partial charge in [0.05, 0.1) is 17.5 Å². The van der Waals surface area contributed by atoms with Crippen LogP contribution in [-0.2, 0) is 9.53 Å². The van der Waals surface area contributed by atoms with Gasteiger partial charge in [-0.3, -0.25) is 9.69 Å². The largest absolute Gasteiger partial charge is 0.451 e. The van der Waals surface area contributed by atoms with Crippen molar-refractivity contribution in [1.29, 1.82) is 5.26 Å². The normalized spacial score (nSPS) is 12.8. The van der Waals surface area contributed by atoms with Crippen LogP contribution < -0.4 is 4.90 Å². The molecule has 7 heteroatoms. The lowest BCUT2D eigenvalue weighted by molar-refractivity contribution is -0.121. The maximum absolute atomic E-state index is 12.8. The zero-order valence-electron chi connectivity index (χ0n) is 16.3. The fraction of sp³-hybridized carbons (Fsp3) is 0.217. The number of carbonyl (C=O) groups excluding carboxylic acids is 2. The van der Waals surface area contributed by atoms with E-state index in [1.54, 1.807) is 35.0 Å². The van der Waals surface area contributed by atoms with E-state index in [9.17, 15) is 9.59 Å². The van der Waals surface area contributed by atoms with Gasteiger partial charge in [-0.2, -0.15) is 10.4 Å². The van der Waals surface area contributed by atoms with Gasteiger partial charge in [0.25, 0.3) is 5.91 Å². The molecular formula is C23H20N4O3. The lowest BCUT2D eigenvalue weighted by atomic mass is 10.2. The molecule has 1 aliphatic carbocycles. The second kappa shape index (κ2) is 8.62. The predicted molar refractivity (Wildman–Crippen MR) is 110 cm³/mol. The average molecular weight is 400 g/mol. The van der Waals surface area contributed by atoms with Crippen molar-refractivity contribution in [1.82, 2.24) is 9.78 Å². The van der Waals surface area contributed by atoms with Crippen molar-refractivity contribution in [2.45, 2.75) is 18.8 Å². The monoisotopic (exact) mass is 400 g/mol. The average Bonchev–Trinajstić information content (AvgIpc) is 3.55. The third-order valence-corrected chi connectivity index (χ3v) is 4.86. The van der Waals surface area contributed by atoms with E-state index in [1.165, 1.54) is 4.90 Å². The second-order valence-electron chi connectivity index (χ2n) is 7.03. The maximum atomic E-state index is 12.8. The Hall–Kier alpha value is -3.92. The molecule has 1 aliphatic rings. The van der Waals surface area contributed by atoms with Crippen molar-refractivity contribution in [2.75, 3.05) is 18.1 Å². The highest BCUT2D eigenvalue weighted by Gasteiger charge is 2.30. The van der Waals surface area contributed by atoms with Gasteiger partial charge in [0.15, 0.2) is 12.3 Å². The standard InChI is InChI=1S/C23H20N4O3/c24-13-14-26(18-7-3-1-4-8-18)22(28)16-30-23(29)21-15-20(17-11-12-17)25-27(21)19-9-5-2-6-10-19/h1-10,15,17H,11-12,14,16H2. The molecule has 2 aromatic carbocycles. The molecule has 1 saturated carbocycles. The van der Waals surface area contributed by atoms with Gasteiger partial charge in [-0.05, 0) is 43.2 Å². The van der Waals surface area contributed by atoms with Crippen molar-refractivity contribution >= 4 is 17.6 Å². The topological polar surface area (TPSA) is 88.2 Å². The molecule has 1 aromatic heterocycles. The zero-order valence-corrected chi connectivity index (χ0v) is 16.3. The van der Waals surface area contributed by atoms with Gasteiger partial charge >= 0.3 is 5.97 Å². The summed E-state index contributed by atoms with van der Waals surface area (Å²) in [7, 11) is 0. The minimum absolute atomic E-state index is 0.131. The number of amides is 1. The Morgan fingerprint density at radius 2 is 1.77 bits per heavy atom. The van der Waals surface area contributed by atoms with Crippen LogP contribution in [0, 0.1) is 11.3 Å². The van der Waals surface area contributed by atoms with Crippen LogP contribution in [0.3, 0.4) is 0 Å². The molecule has 3 aromatic rings. The molecule has 0 N–H and O–H groups in total. The Kier molecular flexibility index (Phi) is 5.57. The quantitative estimate of drug-likeness (QED) is 0.448. The summed E-state index contributed by atoms with van der Waals surface area (Å²) in [5.74, 6) is -0.729. The number of ether oxygens (including phenoxy) is 1. The number of aromatic nitrogens is 2. The number of carbonyl (C=O) groups is 2. The number of para-hydroxylation sites is 2. The Morgan fingerprint density at radius 3 is 2.40 bits per heavy atom. The van der Waals surface area contributed by atoms with Crippen LogP contribution in [-0.4, -0.2) is 34.8 Å². The van der Waals surface area contributed by atoms with E-state index in [1.807, 2.05) is 42.5 Å². The summed E-state index contributed by atoms with van der Waals surface area (Å²) in [6.07, 6.45) is 2.11. The number of anilines is 1. The van der Waals surface area contributed by atoms with Crippen LogP contribution >= 0.6 is 0 Å². The highest BCUT2D eigenvalue weighted by molar-refractivity contribution is 5.97. The van der Waals surface area contributed by atoms with Gasteiger partial charge in [0.1, 0.15) is 6.54 Å². The molecule has 0 unspecified atom stereocenters. The Morgan fingerprint density at radius 1 is 1.10 bits per heavy atom. The summed E-state index contributed by atoms with van der Waals surface area (Å²) in [6, 6.07) is 21.9. The lowest BCUT2D eigenvalue weighted by Gasteiger charge is -2.19. The molecule has 7 nitrogen and oxygen atoms in total. The predicted octanol–water partition coefficient (Wildman–Crippen LogP) is 3.46. The maximum Gasteiger partial charge on any atom is 0.357 e. The van der Waals surface area contributed by atoms with Crippen LogP contribution in [0.15, 0.2) is 66.7 Å². The summed E-state index contributed by atoms with van der Waals surface area (Å²) < 4.78 is 6.87. The van der Waals surface area contributed by atoms with E-state index in [2.05, 4.69) is 5.10 Å². The van der Waals surface area contributed by atoms with E-state index < -0.39 is 18.5 Å². The van der Waals surface area contributed by atoms with Crippen molar-refractivity contribution < 1.29 is 14.3 Å². The first-order valence-electron chi connectivity index (χ1n) is 9.72. The van der Waals surface area contributed by atoms with Crippen molar-refractivity contribution in [2.24, 2.45) is 0 Å². The number of esters is 1. The third-order valence-electron chi connectivity index (χ3n) is 4.86. The molecule has 0 radical (unpaired) electrons. The fourth-order valence-electron chi connectivity index (χ4n) is 3.17. The number of hydrogen-bond donors (Lipinski definition) is 0. The second-order valence-corrected chi connectivity index (χ2v) is 7.03. The van der Waals surface area contributed by atoms with Gasteiger partial charge < -0.3 is 4.74 Å². The number of benzene rings is 2. The molecule has 0 saturated heterocycles. The van der Waals surface area contributed by atoms with Crippen LogP contribution in [0.25, 0.3) is 5.69 Å². The SMILES string of the molecule is N#CCN(C(=O)COC(=O)c1cc(C2CC2)nn1-c1ccccc1)c1ccccc1. The first-order valence-corrected chi connectivity index (χ1v) is 9.72. The molecule has 4 rings (SSSR count). The van der Waals surface area contributed by atoms with Crippen molar-refractivity contribution in [3.8, 4) is 11.8 Å². The molecular weight excluding hydrogens is 380 g/mol. The summed E-state index contributed by atoms with van der Waals surface area (Å²) >= 11 is 0. The molecule has 1 heterocycles. The number of rotatable bonds is 7. The molecule has 1 fully saturated rings. The lowest BCUT2D eigenvalue weighted by Crippen LogP contribution is -2.35. The third kappa shape index (κ3) is 4.23. The summed E-state index contributed by atoms with van der Waals surface area (Å²) in [5, 5.41) is 13.6. The fourth-order valence-corrected chi connectivity index (χ4v) is 3.17. The molecule has 0 atom stereocenters. The van der Waals surface area contributed by atoms with Gasteiger partial charge in [0.2, 0.25) is 0 Å².